The smallest absolute Gasteiger partial charge is 0.166 e. The zero-order valence-electron chi connectivity index (χ0n) is 6.06. The molecule has 0 saturated heterocycles. The van der Waals surface area contributed by atoms with Crippen molar-refractivity contribution in [3.63, 3.8) is 0 Å². The minimum atomic E-state index is -0.417. The van der Waals surface area contributed by atoms with E-state index >= 15 is 0 Å². The maximum Gasteiger partial charge on any atom is 0.166 e. The molecule has 0 aromatic carbocycles. The molecule has 11 heavy (non-hydrogen) atoms. The molecule has 0 amide bonds. The third-order valence-corrected chi connectivity index (χ3v) is 1.36. The Morgan fingerprint density at radius 2 is 2.45 bits per heavy atom. The third-order valence-electron chi connectivity index (χ3n) is 1.15. The molecule has 60 valence electrons. The van der Waals surface area contributed by atoms with E-state index in [1.54, 1.807) is 0 Å². The number of nitrogens with one attached hydrogen (secondary N) is 1. The first-order valence-electron chi connectivity index (χ1n) is 3.29. The zero-order valence-corrected chi connectivity index (χ0v) is 6.82. The van der Waals surface area contributed by atoms with Crippen LogP contribution in [0.2, 0.25) is 5.02 Å². The van der Waals surface area contributed by atoms with Crippen LogP contribution in [0.15, 0.2) is 12.3 Å². The van der Waals surface area contributed by atoms with E-state index in [1.807, 2.05) is 6.92 Å². The van der Waals surface area contributed by atoms with Crippen LogP contribution >= 0.6 is 11.6 Å². The summed E-state index contributed by atoms with van der Waals surface area (Å²) < 4.78 is 12.8. The van der Waals surface area contributed by atoms with E-state index < -0.39 is 5.82 Å². The third kappa shape index (κ3) is 2.05. The second-order valence-corrected chi connectivity index (χ2v) is 2.45. The molecule has 1 aromatic heterocycles. The molecule has 1 aromatic rings. The predicted molar refractivity (Wildman–Crippen MR) is 43.4 cm³/mol. The molecule has 0 saturated carbocycles. The molecule has 0 aliphatic heterocycles. The van der Waals surface area contributed by atoms with Gasteiger partial charge in [0, 0.05) is 12.7 Å². The number of halogens is 2. The topological polar surface area (TPSA) is 24.9 Å². The Hall–Kier alpha value is -0.830. The van der Waals surface area contributed by atoms with E-state index in [2.05, 4.69) is 10.3 Å². The van der Waals surface area contributed by atoms with Crippen molar-refractivity contribution >= 4 is 17.4 Å². The Morgan fingerprint density at radius 3 is 3.00 bits per heavy atom. The highest BCUT2D eigenvalue weighted by Gasteiger charge is 2.01. The summed E-state index contributed by atoms with van der Waals surface area (Å²) in [6.07, 6.45) is 1.41. The fraction of sp³-hybridized carbons (Fsp3) is 0.286. The second kappa shape index (κ2) is 3.53. The van der Waals surface area contributed by atoms with Crippen molar-refractivity contribution in [2.75, 3.05) is 11.9 Å². The van der Waals surface area contributed by atoms with Gasteiger partial charge in [-0.2, -0.15) is 0 Å². The van der Waals surface area contributed by atoms with Crippen LogP contribution in [0.4, 0.5) is 10.2 Å². The second-order valence-electron chi connectivity index (χ2n) is 2.01. The standard InChI is InChI=1S/C7H8ClFN2/c1-2-10-7-6(9)3-5(8)4-11-7/h3-4H,2H2,1H3,(H,10,11). The molecule has 2 nitrogen and oxygen atoms in total. The number of hydrogen-bond acceptors (Lipinski definition) is 2. The summed E-state index contributed by atoms with van der Waals surface area (Å²) >= 11 is 5.49. The highest BCUT2D eigenvalue weighted by molar-refractivity contribution is 6.30. The van der Waals surface area contributed by atoms with Crippen LogP contribution in [-0.4, -0.2) is 11.5 Å². The number of rotatable bonds is 2. The lowest BCUT2D eigenvalue weighted by Gasteiger charge is -2.02. The van der Waals surface area contributed by atoms with E-state index in [1.165, 1.54) is 12.3 Å². The molecule has 1 N–H and O–H groups in total. The SMILES string of the molecule is CCNc1ncc(Cl)cc1F. The van der Waals surface area contributed by atoms with Crippen molar-refractivity contribution in [3.05, 3.63) is 23.1 Å². The van der Waals surface area contributed by atoms with Gasteiger partial charge >= 0.3 is 0 Å². The fourth-order valence-electron chi connectivity index (χ4n) is 0.712. The molecule has 0 spiro atoms. The molecular formula is C7H8ClFN2. The minimum absolute atomic E-state index is 0.247. The largest absolute Gasteiger partial charge is 0.368 e. The van der Waals surface area contributed by atoms with E-state index in [-0.39, 0.29) is 5.82 Å². The highest BCUT2D eigenvalue weighted by Crippen LogP contribution is 2.14. The molecule has 0 unspecified atom stereocenters. The van der Waals surface area contributed by atoms with Crippen LogP contribution in [0.25, 0.3) is 0 Å². The molecule has 0 fully saturated rings. The summed E-state index contributed by atoms with van der Waals surface area (Å²) in [5, 5.41) is 3.07. The highest BCUT2D eigenvalue weighted by atomic mass is 35.5. The van der Waals surface area contributed by atoms with Crippen molar-refractivity contribution in [2.24, 2.45) is 0 Å². The van der Waals surface area contributed by atoms with E-state index in [0.29, 0.717) is 11.6 Å². The molecule has 0 radical (unpaired) electrons. The van der Waals surface area contributed by atoms with Crippen molar-refractivity contribution in [2.45, 2.75) is 6.92 Å². The Labute approximate surface area is 69.4 Å². The van der Waals surface area contributed by atoms with Crippen LogP contribution in [0.5, 0.6) is 0 Å². The van der Waals surface area contributed by atoms with Gasteiger partial charge in [-0.15, -0.1) is 0 Å². The molecule has 1 rings (SSSR count). The van der Waals surface area contributed by atoms with Gasteiger partial charge in [-0.25, -0.2) is 9.37 Å². The van der Waals surface area contributed by atoms with E-state index in [9.17, 15) is 4.39 Å². The van der Waals surface area contributed by atoms with Crippen molar-refractivity contribution in [1.29, 1.82) is 0 Å². The first kappa shape index (κ1) is 8.27. The summed E-state index contributed by atoms with van der Waals surface area (Å²) in [5.41, 5.74) is 0. The summed E-state index contributed by atoms with van der Waals surface area (Å²) in [6, 6.07) is 1.23. The van der Waals surface area contributed by atoms with Crippen molar-refractivity contribution < 1.29 is 4.39 Å². The zero-order chi connectivity index (χ0) is 8.27. The van der Waals surface area contributed by atoms with Crippen LogP contribution in [0, 0.1) is 5.82 Å². The van der Waals surface area contributed by atoms with Crippen LogP contribution in [0.3, 0.4) is 0 Å². The first-order chi connectivity index (χ1) is 5.24. The number of aromatic nitrogens is 1. The van der Waals surface area contributed by atoms with Crippen LogP contribution in [-0.2, 0) is 0 Å². The molecule has 0 aliphatic carbocycles. The Kier molecular flexibility index (Phi) is 2.65. The number of hydrogen-bond donors (Lipinski definition) is 1. The van der Waals surface area contributed by atoms with Crippen molar-refractivity contribution in [3.8, 4) is 0 Å². The Balaban J connectivity index is 2.90. The maximum atomic E-state index is 12.8. The molecule has 0 bridgehead atoms. The lowest BCUT2D eigenvalue weighted by molar-refractivity contribution is 0.625. The van der Waals surface area contributed by atoms with Gasteiger partial charge in [0.25, 0.3) is 0 Å². The van der Waals surface area contributed by atoms with Gasteiger partial charge in [-0.3, -0.25) is 0 Å². The number of anilines is 1. The summed E-state index contributed by atoms with van der Waals surface area (Å²) in [7, 11) is 0. The van der Waals surface area contributed by atoms with Gasteiger partial charge in [0.05, 0.1) is 5.02 Å². The predicted octanol–water partition coefficient (Wildman–Crippen LogP) is 2.31. The number of nitrogens with zero attached hydrogens (tertiary/aromatic N) is 1. The lowest BCUT2D eigenvalue weighted by atomic mass is 10.4. The van der Waals surface area contributed by atoms with Crippen LogP contribution in [0.1, 0.15) is 6.92 Å². The molecule has 4 heteroatoms. The van der Waals surface area contributed by atoms with Gasteiger partial charge in [0.2, 0.25) is 0 Å². The van der Waals surface area contributed by atoms with E-state index in [4.69, 9.17) is 11.6 Å². The summed E-state index contributed by atoms with van der Waals surface area (Å²) in [6.45, 7) is 2.52. The van der Waals surface area contributed by atoms with Gasteiger partial charge in [-0.05, 0) is 13.0 Å². The van der Waals surface area contributed by atoms with E-state index in [0.717, 1.165) is 0 Å². The maximum absolute atomic E-state index is 12.8. The minimum Gasteiger partial charge on any atom is -0.368 e. The van der Waals surface area contributed by atoms with Gasteiger partial charge in [0.1, 0.15) is 0 Å². The quantitative estimate of drug-likeness (QED) is 0.744. The Morgan fingerprint density at radius 1 is 1.73 bits per heavy atom. The average Bonchev–Trinajstić information content (AvgIpc) is 1.95. The van der Waals surface area contributed by atoms with Gasteiger partial charge in [-0.1, -0.05) is 11.6 Å². The van der Waals surface area contributed by atoms with Crippen molar-refractivity contribution in [1.82, 2.24) is 4.98 Å². The first-order valence-corrected chi connectivity index (χ1v) is 3.66. The summed E-state index contributed by atoms with van der Waals surface area (Å²) in [5.74, 6) is -0.170. The summed E-state index contributed by atoms with van der Waals surface area (Å²) in [4.78, 5) is 3.75. The normalized spacial score (nSPS) is 9.73. The van der Waals surface area contributed by atoms with Gasteiger partial charge in [0.15, 0.2) is 11.6 Å². The van der Waals surface area contributed by atoms with Gasteiger partial charge < -0.3 is 5.32 Å². The Bertz CT molecular complexity index is 252. The fourth-order valence-corrected chi connectivity index (χ4v) is 0.857. The van der Waals surface area contributed by atoms with Crippen LogP contribution < -0.4 is 5.32 Å². The average molecular weight is 175 g/mol. The molecule has 0 aliphatic rings. The lowest BCUT2D eigenvalue weighted by Crippen LogP contribution is -2.01. The monoisotopic (exact) mass is 174 g/mol. The molecule has 0 atom stereocenters. The number of pyridine rings is 1. The molecule has 1 heterocycles. The molecular weight excluding hydrogens is 167 g/mol.